The lowest BCUT2D eigenvalue weighted by Gasteiger charge is -2.19. The van der Waals surface area contributed by atoms with Gasteiger partial charge in [-0.05, 0) is 62.5 Å². The van der Waals surface area contributed by atoms with Crippen LogP contribution < -0.4 is 9.44 Å². The minimum Gasteiger partial charge on any atom is -0.351 e. The standard InChI is InChI=1S/C20H22N4O2S3/c1-13-4-2-6-16(10-13)29(25,26)24(27)18-7-3-5-14-11-17(23-19(14)18)20-22-12-15(28-20)8-9-21/h2-7,10-11,15,23,27H,8-9,12,21H2,1H3. The zero-order valence-electron chi connectivity index (χ0n) is 15.9. The fourth-order valence-corrected chi connectivity index (χ4v) is 6.07. The predicted molar refractivity (Wildman–Crippen MR) is 125 cm³/mol. The summed E-state index contributed by atoms with van der Waals surface area (Å²) in [6.45, 7) is 3.25. The molecule has 1 aromatic heterocycles. The smallest absolute Gasteiger partial charge is 0.273 e. The Bertz CT molecular complexity index is 1190. The van der Waals surface area contributed by atoms with Crippen molar-refractivity contribution in [1.29, 1.82) is 0 Å². The SMILES string of the molecule is Cc1cccc(S(=O)(=O)N(S)c2cccc3cc(C4=NCC(CCN)S4)[nH]c23)c1. The summed E-state index contributed by atoms with van der Waals surface area (Å²) >= 11 is 6.07. The largest absolute Gasteiger partial charge is 0.351 e. The third-order valence-electron chi connectivity index (χ3n) is 4.79. The van der Waals surface area contributed by atoms with Gasteiger partial charge in [-0.3, -0.25) is 4.99 Å². The number of nitrogens with one attached hydrogen (secondary N) is 1. The number of para-hydroxylation sites is 1. The molecular formula is C20H22N4O2S3. The van der Waals surface area contributed by atoms with E-state index in [0.717, 1.165) is 38.4 Å². The molecule has 152 valence electrons. The van der Waals surface area contributed by atoms with Crippen LogP contribution >= 0.6 is 24.6 Å². The molecule has 0 amide bonds. The topological polar surface area (TPSA) is 91.6 Å². The molecular weight excluding hydrogens is 424 g/mol. The molecule has 0 radical (unpaired) electrons. The number of aliphatic imine (C=N–C) groups is 1. The van der Waals surface area contributed by atoms with Gasteiger partial charge in [-0.1, -0.05) is 36.0 Å². The van der Waals surface area contributed by atoms with E-state index in [1.165, 1.54) is 0 Å². The van der Waals surface area contributed by atoms with Crippen LogP contribution in [0.4, 0.5) is 5.69 Å². The molecule has 3 N–H and O–H groups in total. The van der Waals surface area contributed by atoms with E-state index in [-0.39, 0.29) is 4.90 Å². The zero-order valence-corrected chi connectivity index (χ0v) is 18.4. The molecule has 0 spiro atoms. The highest BCUT2D eigenvalue weighted by Gasteiger charge is 2.26. The van der Waals surface area contributed by atoms with Gasteiger partial charge in [0.05, 0.1) is 28.3 Å². The van der Waals surface area contributed by atoms with Crippen LogP contribution in [0.5, 0.6) is 0 Å². The lowest BCUT2D eigenvalue weighted by molar-refractivity contribution is 0.598. The normalized spacial score (nSPS) is 16.9. The highest BCUT2D eigenvalue weighted by Crippen LogP contribution is 2.35. The van der Waals surface area contributed by atoms with E-state index in [0.29, 0.717) is 23.0 Å². The van der Waals surface area contributed by atoms with E-state index >= 15 is 0 Å². The molecule has 6 nitrogen and oxygen atoms in total. The summed E-state index contributed by atoms with van der Waals surface area (Å²) in [7, 11) is -3.80. The summed E-state index contributed by atoms with van der Waals surface area (Å²) in [5.74, 6) is 0. The van der Waals surface area contributed by atoms with E-state index in [1.807, 2.05) is 31.2 Å². The van der Waals surface area contributed by atoms with Crippen LogP contribution in [0.2, 0.25) is 0 Å². The number of H-pyrrole nitrogens is 1. The number of benzene rings is 2. The summed E-state index contributed by atoms with van der Waals surface area (Å²) in [6, 6.07) is 14.3. The van der Waals surface area contributed by atoms with Gasteiger partial charge in [-0.15, -0.1) is 0 Å². The van der Waals surface area contributed by atoms with Crippen LogP contribution in [0, 0.1) is 6.92 Å². The van der Waals surface area contributed by atoms with Crippen molar-refractivity contribution >= 4 is 56.2 Å². The maximum absolute atomic E-state index is 13.1. The molecule has 0 aliphatic carbocycles. The van der Waals surface area contributed by atoms with Gasteiger partial charge in [-0.25, -0.2) is 12.1 Å². The van der Waals surface area contributed by atoms with Gasteiger partial charge in [0.15, 0.2) is 0 Å². The maximum atomic E-state index is 13.1. The number of sulfonamides is 1. The van der Waals surface area contributed by atoms with E-state index in [2.05, 4.69) is 22.8 Å². The lowest BCUT2D eigenvalue weighted by atomic mass is 10.2. The second-order valence-corrected chi connectivity index (χ2v) is 10.7. The van der Waals surface area contributed by atoms with Crippen LogP contribution in [-0.2, 0) is 10.0 Å². The highest BCUT2D eigenvalue weighted by atomic mass is 32.3. The van der Waals surface area contributed by atoms with Crippen molar-refractivity contribution in [2.45, 2.75) is 23.5 Å². The number of aromatic amines is 1. The molecule has 1 unspecified atom stereocenters. The molecule has 0 bridgehead atoms. The number of anilines is 1. The van der Waals surface area contributed by atoms with E-state index in [4.69, 9.17) is 5.73 Å². The van der Waals surface area contributed by atoms with Crippen LogP contribution in [0.15, 0.2) is 58.4 Å². The Balaban J connectivity index is 1.71. The quantitative estimate of drug-likeness (QED) is 0.503. The molecule has 1 aliphatic rings. The molecule has 29 heavy (non-hydrogen) atoms. The third kappa shape index (κ3) is 3.92. The summed E-state index contributed by atoms with van der Waals surface area (Å²) < 4.78 is 27.2. The minimum atomic E-state index is -3.80. The Morgan fingerprint density at radius 3 is 2.83 bits per heavy atom. The van der Waals surface area contributed by atoms with Crippen molar-refractivity contribution in [1.82, 2.24) is 4.98 Å². The first-order chi connectivity index (χ1) is 13.9. The van der Waals surface area contributed by atoms with Gasteiger partial charge in [0, 0.05) is 10.6 Å². The molecule has 9 heteroatoms. The highest BCUT2D eigenvalue weighted by molar-refractivity contribution is 8.15. The van der Waals surface area contributed by atoms with Crippen molar-refractivity contribution in [3.8, 4) is 0 Å². The molecule has 2 aromatic carbocycles. The van der Waals surface area contributed by atoms with Crippen molar-refractivity contribution in [3.05, 3.63) is 59.8 Å². The number of thioether (sulfide) groups is 1. The Kier molecular flexibility index (Phi) is 5.65. The van der Waals surface area contributed by atoms with Gasteiger partial charge >= 0.3 is 0 Å². The summed E-state index contributed by atoms with van der Waals surface area (Å²) in [4.78, 5) is 8.18. The number of fused-ring (bicyclic) bond motifs is 1. The molecule has 2 heterocycles. The van der Waals surface area contributed by atoms with E-state index in [1.54, 1.807) is 36.0 Å². The molecule has 1 aliphatic heterocycles. The molecule has 0 saturated carbocycles. The first kappa shape index (κ1) is 20.3. The van der Waals surface area contributed by atoms with Crippen LogP contribution in [-0.4, -0.2) is 36.8 Å². The van der Waals surface area contributed by atoms with Gasteiger partial charge in [0.25, 0.3) is 10.0 Å². The zero-order chi connectivity index (χ0) is 20.6. The van der Waals surface area contributed by atoms with Gasteiger partial charge < -0.3 is 10.7 Å². The Morgan fingerprint density at radius 2 is 2.07 bits per heavy atom. The molecule has 4 rings (SSSR count). The first-order valence-electron chi connectivity index (χ1n) is 9.24. The third-order valence-corrected chi connectivity index (χ3v) is 8.44. The molecule has 0 saturated heterocycles. The summed E-state index contributed by atoms with van der Waals surface area (Å²) in [6.07, 6.45) is 0.919. The van der Waals surface area contributed by atoms with Gasteiger partial charge in [0.1, 0.15) is 5.04 Å². The number of nitrogens with zero attached hydrogens (tertiary/aromatic N) is 2. The summed E-state index contributed by atoms with van der Waals surface area (Å²) in [5, 5.41) is 2.23. The second kappa shape index (κ2) is 8.06. The van der Waals surface area contributed by atoms with Crippen molar-refractivity contribution in [3.63, 3.8) is 0 Å². The number of hydrogen-bond donors (Lipinski definition) is 3. The number of rotatable bonds is 6. The van der Waals surface area contributed by atoms with Crippen molar-refractivity contribution < 1.29 is 8.42 Å². The van der Waals surface area contributed by atoms with E-state index < -0.39 is 10.0 Å². The van der Waals surface area contributed by atoms with Gasteiger partial charge in [0.2, 0.25) is 0 Å². The van der Waals surface area contributed by atoms with Crippen molar-refractivity contribution in [2.24, 2.45) is 10.7 Å². The Morgan fingerprint density at radius 1 is 1.28 bits per heavy atom. The average Bonchev–Trinajstić information content (AvgIpc) is 3.34. The fourth-order valence-electron chi connectivity index (χ4n) is 3.32. The second-order valence-electron chi connectivity index (χ2n) is 6.95. The number of aromatic nitrogens is 1. The number of thiol groups is 1. The monoisotopic (exact) mass is 446 g/mol. The Labute approximate surface area is 180 Å². The summed E-state index contributed by atoms with van der Waals surface area (Å²) in [5.41, 5.74) is 8.60. The fraction of sp³-hybridized carbons (Fsp3) is 0.250. The van der Waals surface area contributed by atoms with E-state index in [9.17, 15) is 8.42 Å². The average molecular weight is 447 g/mol. The molecule has 3 aromatic rings. The van der Waals surface area contributed by atoms with Gasteiger partial charge in [-0.2, -0.15) is 0 Å². The van der Waals surface area contributed by atoms with Crippen LogP contribution in [0.25, 0.3) is 10.9 Å². The number of nitrogens with two attached hydrogens (primary N) is 1. The number of hydrogen-bond acceptors (Lipinski definition) is 6. The minimum absolute atomic E-state index is 0.205. The van der Waals surface area contributed by atoms with Crippen LogP contribution in [0.3, 0.4) is 0 Å². The lowest BCUT2D eigenvalue weighted by Crippen LogP contribution is -2.21. The Hall–Kier alpha value is -1.94. The predicted octanol–water partition coefficient (Wildman–Crippen LogP) is 3.73. The number of aryl methyl sites for hydroxylation is 1. The molecule has 1 atom stereocenters. The first-order valence-corrected chi connectivity index (χ1v) is 12.0. The van der Waals surface area contributed by atoms with Crippen LogP contribution in [0.1, 0.15) is 17.7 Å². The van der Waals surface area contributed by atoms with Crippen molar-refractivity contribution in [2.75, 3.05) is 16.8 Å². The molecule has 0 fully saturated rings. The maximum Gasteiger partial charge on any atom is 0.273 e.